The van der Waals surface area contributed by atoms with Gasteiger partial charge in [-0.3, -0.25) is 9.89 Å². The molecule has 3 N–H and O–H groups in total. The molecule has 1 heterocycles. The first-order valence-electron chi connectivity index (χ1n) is 6.32. The summed E-state index contributed by atoms with van der Waals surface area (Å²) in [5, 5.41) is 12.9. The fourth-order valence-corrected chi connectivity index (χ4v) is 1.70. The van der Waals surface area contributed by atoms with Crippen molar-refractivity contribution in [2.75, 3.05) is 18.5 Å². The van der Waals surface area contributed by atoms with Crippen LogP contribution in [0.25, 0.3) is 10.9 Å². The number of nitrogens with one attached hydrogen (secondary N) is 3. The summed E-state index contributed by atoms with van der Waals surface area (Å²) in [4.78, 5) is 22.7. The number of rotatable bonds is 5. The Hall–Kier alpha value is -2.57. The van der Waals surface area contributed by atoms with Crippen LogP contribution < -0.4 is 10.6 Å². The van der Waals surface area contributed by atoms with E-state index >= 15 is 0 Å². The lowest BCUT2D eigenvalue weighted by Gasteiger charge is -2.06. The molecule has 0 saturated carbocycles. The molecule has 0 aliphatic rings. The van der Waals surface area contributed by atoms with E-state index in [1.807, 2.05) is 12.1 Å². The van der Waals surface area contributed by atoms with E-state index in [0.29, 0.717) is 12.3 Å². The number of fused-ring (bicyclic) bond motifs is 1. The number of anilines is 1. The monoisotopic (exact) mass is 276 g/mol. The summed E-state index contributed by atoms with van der Waals surface area (Å²) in [5.74, 6) is -0.176. The van der Waals surface area contributed by atoms with Crippen LogP contribution in [0.15, 0.2) is 24.4 Å². The minimum Gasteiger partial charge on any atom is -0.450 e. The molecule has 0 unspecified atom stereocenters. The second-order valence-electron chi connectivity index (χ2n) is 4.12. The number of aromatic amines is 1. The molecule has 0 aliphatic heterocycles. The van der Waals surface area contributed by atoms with E-state index in [1.54, 1.807) is 19.2 Å². The van der Waals surface area contributed by atoms with Crippen molar-refractivity contribution in [1.82, 2.24) is 15.5 Å². The van der Waals surface area contributed by atoms with Gasteiger partial charge < -0.3 is 15.4 Å². The minimum absolute atomic E-state index is 0.176. The van der Waals surface area contributed by atoms with Gasteiger partial charge in [-0.2, -0.15) is 5.10 Å². The third-order valence-corrected chi connectivity index (χ3v) is 2.62. The summed E-state index contributed by atoms with van der Waals surface area (Å²) >= 11 is 0. The van der Waals surface area contributed by atoms with Crippen molar-refractivity contribution >= 4 is 28.6 Å². The fourth-order valence-electron chi connectivity index (χ4n) is 1.70. The van der Waals surface area contributed by atoms with Crippen LogP contribution in [0.4, 0.5) is 10.5 Å². The van der Waals surface area contributed by atoms with Crippen molar-refractivity contribution in [3.8, 4) is 0 Å². The zero-order valence-electron chi connectivity index (χ0n) is 11.1. The molecule has 2 aromatic rings. The Kier molecular flexibility index (Phi) is 4.54. The standard InChI is InChI=1S/C13H16N4O3/c1-2-20-13(19)14-6-5-12(18)16-10-3-4-11-9(7-10)8-15-17-11/h3-4,7-8H,2,5-6H2,1H3,(H,14,19)(H,15,17)(H,16,18). The van der Waals surface area contributed by atoms with Crippen molar-refractivity contribution in [3.05, 3.63) is 24.4 Å². The highest BCUT2D eigenvalue weighted by Crippen LogP contribution is 2.16. The van der Waals surface area contributed by atoms with Crippen LogP contribution in [0.3, 0.4) is 0 Å². The minimum atomic E-state index is -0.514. The number of amides is 2. The van der Waals surface area contributed by atoms with E-state index in [4.69, 9.17) is 0 Å². The third-order valence-electron chi connectivity index (χ3n) is 2.62. The van der Waals surface area contributed by atoms with Crippen LogP contribution in [0.2, 0.25) is 0 Å². The van der Waals surface area contributed by atoms with Crippen LogP contribution >= 0.6 is 0 Å². The normalized spacial score (nSPS) is 10.2. The predicted octanol–water partition coefficient (Wildman–Crippen LogP) is 1.64. The van der Waals surface area contributed by atoms with Crippen molar-refractivity contribution in [2.45, 2.75) is 13.3 Å². The highest BCUT2D eigenvalue weighted by molar-refractivity contribution is 5.93. The first-order valence-corrected chi connectivity index (χ1v) is 6.32. The average molecular weight is 276 g/mol. The maximum absolute atomic E-state index is 11.7. The molecule has 0 radical (unpaired) electrons. The molecule has 7 nitrogen and oxygen atoms in total. The number of aromatic nitrogens is 2. The van der Waals surface area contributed by atoms with E-state index in [2.05, 4.69) is 25.6 Å². The van der Waals surface area contributed by atoms with Gasteiger partial charge >= 0.3 is 6.09 Å². The summed E-state index contributed by atoms with van der Waals surface area (Å²) in [5.41, 5.74) is 1.60. The van der Waals surface area contributed by atoms with E-state index in [1.165, 1.54) is 0 Å². The Bertz CT molecular complexity index is 608. The molecular weight excluding hydrogens is 260 g/mol. The number of nitrogens with zero attached hydrogens (tertiary/aromatic N) is 1. The largest absolute Gasteiger partial charge is 0.450 e. The Labute approximate surface area is 115 Å². The molecule has 7 heteroatoms. The van der Waals surface area contributed by atoms with Gasteiger partial charge in [-0.1, -0.05) is 0 Å². The van der Waals surface area contributed by atoms with Gasteiger partial charge in [0.25, 0.3) is 0 Å². The first kappa shape index (κ1) is 13.9. The summed E-state index contributed by atoms with van der Waals surface area (Å²) in [6.45, 7) is 2.26. The van der Waals surface area contributed by atoms with Crippen LogP contribution in [-0.4, -0.2) is 35.3 Å². The highest BCUT2D eigenvalue weighted by Gasteiger charge is 2.05. The molecule has 0 saturated heterocycles. The molecule has 0 aliphatic carbocycles. The van der Waals surface area contributed by atoms with Crippen molar-refractivity contribution in [1.29, 1.82) is 0 Å². The third kappa shape index (κ3) is 3.71. The molecule has 20 heavy (non-hydrogen) atoms. The SMILES string of the molecule is CCOC(=O)NCCC(=O)Nc1ccc2[nH]ncc2c1. The van der Waals surface area contributed by atoms with Gasteiger partial charge in [-0.25, -0.2) is 4.79 Å². The maximum atomic E-state index is 11.7. The average Bonchev–Trinajstić information content (AvgIpc) is 2.86. The second kappa shape index (κ2) is 6.55. The van der Waals surface area contributed by atoms with Gasteiger partial charge in [-0.05, 0) is 25.1 Å². The van der Waals surface area contributed by atoms with Gasteiger partial charge in [0.2, 0.25) is 5.91 Å². The Balaban J connectivity index is 1.80. The topological polar surface area (TPSA) is 96.1 Å². The number of carbonyl (C=O) groups is 2. The van der Waals surface area contributed by atoms with E-state index in [9.17, 15) is 9.59 Å². The number of benzene rings is 1. The molecule has 2 rings (SSSR count). The highest BCUT2D eigenvalue weighted by atomic mass is 16.5. The molecular formula is C13H16N4O3. The van der Waals surface area contributed by atoms with E-state index in [-0.39, 0.29) is 18.9 Å². The molecule has 1 aromatic carbocycles. The Morgan fingerprint density at radius 2 is 2.25 bits per heavy atom. The van der Waals surface area contributed by atoms with Crippen LogP contribution in [0.1, 0.15) is 13.3 Å². The summed E-state index contributed by atoms with van der Waals surface area (Å²) in [6, 6.07) is 5.46. The van der Waals surface area contributed by atoms with Crippen molar-refractivity contribution in [3.63, 3.8) is 0 Å². The van der Waals surface area contributed by atoms with Crippen molar-refractivity contribution < 1.29 is 14.3 Å². The van der Waals surface area contributed by atoms with Gasteiger partial charge in [-0.15, -0.1) is 0 Å². The molecule has 2 amide bonds. The summed E-state index contributed by atoms with van der Waals surface area (Å²) in [7, 11) is 0. The summed E-state index contributed by atoms with van der Waals surface area (Å²) in [6.07, 6.45) is 1.36. The van der Waals surface area contributed by atoms with Gasteiger partial charge in [0.1, 0.15) is 0 Å². The maximum Gasteiger partial charge on any atom is 0.407 e. The lowest BCUT2D eigenvalue weighted by Crippen LogP contribution is -2.28. The number of carbonyl (C=O) groups excluding carboxylic acids is 2. The molecule has 0 atom stereocenters. The van der Waals surface area contributed by atoms with E-state index in [0.717, 1.165) is 10.9 Å². The Morgan fingerprint density at radius 3 is 3.05 bits per heavy atom. The first-order chi connectivity index (χ1) is 9.69. The zero-order chi connectivity index (χ0) is 14.4. The van der Waals surface area contributed by atoms with Gasteiger partial charge in [0, 0.05) is 24.0 Å². The van der Waals surface area contributed by atoms with Gasteiger partial charge in [0.05, 0.1) is 18.3 Å². The molecule has 0 bridgehead atoms. The summed E-state index contributed by atoms with van der Waals surface area (Å²) < 4.78 is 4.69. The quantitative estimate of drug-likeness (QED) is 0.773. The second-order valence-corrected chi connectivity index (χ2v) is 4.12. The van der Waals surface area contributed by atoms with Crippen LogP contribution in [0, 0.1) is 0 Å². The lowest BCUT2D eigenvalue weighted by molar-refractivity contribution is -0.116. The van der Waals surface area contributed by atoms with Crippen molar-refractivity contribution in [2.24, 2.45) is 0 Å². The molecule has 106 valence electrons. The number of hydrogen-bond donors (Lipinski definition) is 3. The number of alkyl carbamates (subject to hydrolysis) is 1. The smallest absolute Gasteiger partial charge is 0.407 e. The van der Waals surface area contributed by atoms with Gasteiger partial charge in [0.15, 0.2) is 0 Å². The zero-order valence-corrected chi connectivity index (χ0v) is 11.1. The molecule has 1 aromatic heterocycles. The number of ether oxygens (including phenoxy) is 1. The number of H-pyrrole nitrogens is 1. The molecule has 0 fully saturated rings. The fraction of sp³-hybridized carbons (Fsp3) is 0.308. The number of hydrogen-bond acceptors (Lipinski definition) is 4. The Morgan fingerprint density at radius 1 is 1.40 bits per heavy atom. The molecule has 0 spiro atoms. The van der Waals surface area contributed by atoms with Crippen LogP contribution in [-0.2, 0) is 9.53 Å². The van der Waals surface area contributed by atoms with Crippen LogP contribution in [0.5, 0.6) is 0 Å². The lowest BCUT2D eigenvalue weighted by atomic mass is 10.2. The predicted molar refractivity (Wildman–Crippen MR) is 74.4 cm³/mol. The van der Waals surface area contributed by atoms with E-state index < -0.39 is 6.09 Å².